The van der Waals surface area contributed by atoms with Crippen LogP contribution in [0.5, 0.6) is 0 Å². The van der Waals surface area contributed by atoms with Crippen LogP contribution in [-0.2, 0) is 0 Å². The molecule has 0 spiro atoms. The highest BCUT2D eigenvalue weighted by molar-refractivity contribution is 6.06. The number of carboxylic acids is 2. The summed E-state index contributed by atoms with van der Waals surface area (Å²) in [6.07, 6.45) is 0. The lowest BCUT2D eigenvalue weighted by atomic mass is 9.93. The maximum absolute atomic E-state index is 11.4. The molecule has 10 nitrogen and oxygen atoms in total. The molecule has 0 aromatic heterocycles. The van der Waals surface area contributed by atoms with Crippen LogP contribution in [0, 0.1) is 20.2 Å². The quantitative estimate of drug-likeness (QED) is 0.623. The molecule has 0 unspecified atom stereocenters. The van der Waals surface area contributed by atoms with Gasteiger partial charge in [0.2, 0.25) is 0 Å². The first-order chi connectivity index (χ1) is 11.2. The van der Waals surface area contributed by atoms with Crippen LogP contribution in [0.4, 0.5) is 11.4 Å². The minimum absolute atomic E-state index is 0.332. The molecule has 2 aromatic rings. The van der Waals surface area contributed by atoms with Gasteiger partial charge in [-0.05, 0) is 18.2 Å². The van der Waals surface area contributed by atoms with Gasteiger partial charge in [0.15, 0.2) is 0 Å². The summed E-state index contributed by atoms with van der Waals surface area (Å²) < 4.78 is 0. The van der Waals surface area contributed by atoms with Gasteiger partial charge >= 0.3 is 11.9 Å². The molecule has 10 heteroatoms. The third-order valence-electron chi connectivity index (χ3n) is 3.18. The zero-order valence-electron chi connectivity index (χ0n) is 11.7. The standard InChI is InChI=1S/C14H8N2O8/c17-13(18)9-2-1-3-10(14(19)20)12(9)8-5-4-7(15(21)22)6-11(8)16(23)24/h1-6H,(H,17,18)(H,19,20). The van der Waals surface area contributed by atoms with Crippen LogP contribution in [0.15, 0.2) is 36.4 Å². The molecule has 0 saturated heterocycles. The molecule has 24 heavy (non-hydrogen) atoms. The van der Waals surface area contributed by atoms with Crippen molar-refractivity contribution in [2.75, 3.05) is 0 Å². The van der Waals surface area contributed by atoms with Crippen molar-refractivity contribution >= 4 is 23.3 Å². The second kappa shape index (κ2) is 6.12. The third kappa shape index (κ3) is 2.88. The zero-order chi connectivity index (χ0) is 18.0. The molecule has 0 fully saturated rings. The predicted octanol–water partition coefficient (Wildman–Crippen LogP) is 2.57. The van der Waals surface area contributed by atoms with Gasteiger partial charge < -0.3 is 10.2 Å². The first kappa shape index (κ1) is 16.5. The van der Waals surface area contributed by atoms with E-state index in [1.807, 2.05) is 0 Å². The highest BCUT2D eigenvalue weighted by Gasteiger charge is 2.27. The van der Waals surface area contributed by atoms with Gasteiger partial charge in [-0.2, -0.15) is 0 Å². The Morgan fingerprint density at radius 1 is 0.875 bits per heavy atom. The van der Waals surface area contributed by atoms with Crippen LogP contribution >= 0.6 is 0 Å². The Morgan fingerprint density at radius 3 is 1.83 bits per heavy atom. The first-order valence-corrected chi connectivity index (χ1v) is 6.27. The van der Waals surface area contributed by atoms with Gasteiger partial charge in [0, 0.05) is 11.6 Å². The number of nitrogens with zero attached hydrogens (tertiary/aromatic N) is 2. The van der Waals surface area contributed by atoms with E-state index < -0.39 is 44.3 Å². The predicted molar refractivity (Wildman–Crippen MR) is 79.1 cm³/mol. The van der Waals surface area contributed by atoms with Crippen molar-refractivity contribution in [3.05, 3.63) is 67.8 Å². The van der Waals surface area contributed by atoms with Gasteiger partial charge in [-0.1, -0.05) is 6.07 Å². The summed E-state index contributed by atoms with van der Waals surface area (Å²) in [5, 5.41) is 40.5. The summed E-state index contributed by atoms with van der Waals surface area (Å²) in [7, 11) is 0. The van der Waals surface area contributed by atoms with E-state index in [4.69, 9.17) is 0 Å². The Kier molecular flexibility index (Phi) is 4.22. The van der Waals surface area contributed by atoms with Gasteiger partial charge in [0.25, 0.3) is 11.4 Å². The Bertz CT molecular complexity index is 858. The zero-order valence-corrected chi connectivity index (χ0v) is 11.7. The van der Waals surface area contributed by atoms with E-state index in [0.717, 1.165) is 24.3 Å². The molecule has 2 rings (SSSR count). The van der Waals surface area contributed by atoms with E-state index >= 15 is 0 Å². The van der Waals surface area contributed by atoms with E-state index in [-0.39, 0.29) is 11.1 Å². The second-order valence-electron chi connectivity index (χ2n) is 4.55. The number of hydrogen-bond donors (Lipinski definition) is 2. The molecule has 0 atom stereocenters. The van der Waals surface area contributed by atoms with Crippen molar-refractivity contribution in [2.45, 2.75) is 0 Å². The largest absolute Gasteiger partial charge is 0.478 e. The minimum atomic E-state index is -1.49. The molecule has 0 radical (unpaired) electrons. The normalized spacial score (nSPS) is 10.2. The second-order valence-corrected chi connectivity index (χ2v) is 4.55. The fraction of sp³-hybridized carbons (Fsp3) is 0. The van der Waals surface area contributed by atoms with Gasteiger partial charge in [0.1, 0.15) is 0 Å². The van der Waals surface area contributed by atoms with Crippen LogP contribution in [-0.4, -0.2) is 32.0 Å². The molecule has 0 aliphatic carbocycles. The Labute approximate surface area is 132 Å². The van der Waals surface area contributed by atoms with E-state index in [1.165, 1.54) is 6.07 Å². The van der Waals surface area contributed by atoms with Crippen molar-refractivity contribution < 1.29 is 29.6 Å². The van der Waals surface area contributed by atoms with E-state index in [0.29, 0.717) is 6.07 Å². The molecular formula is C14H8N2O8. The summed E-state index contributed by atoms with van der Waals surface area (Å²) in [5.41, 5.74) is -2.99. The summed E-state index contributed by atoms with van der Waals surface area (Å²) in [4.78, 5) is 42.9. The van der Waals surface area contributed by atoms with Crippen LogP contribution < -0.4 is 0 Å². The molecule has 0 aliphatic heterocycles. The van der Waals surface area contributed by atoms with Gasteiger partial charge in [-0.25, -0.2) is 9.59 Å². The lowest BCUT2D eigenvalue weighted by molar-refractivity contribution is -0.393. The van der Waals surface area contributed by atoms with E-state index in [9.17, 15) is 40.0 Å². The van der Waals surface area contributed by atoms with Crippen molar-refractivity contribution in [2.24, 2.45) is 0 Å². The highest BCUT2D eigenvalue weighted by Crippen LogP contribution is 2.37. The van der Waals surface area contributed by atoms with Crippen molar-refractivity contribution in [3.63, 3.8) is 0 Å². The van der Waals surface area contributed by atoms with Crippen LogP contribution in [0.25, 0.3) is 11.1 Å². The van der Waals surface area contributed by atoms with E-state index in [1.54, 1.807) is 0 Å². The number of carboxylic acid groups (broad SMARTS) is 2. The van der Waals surface area contributed by atoms with Crippen LogP contribution in [0.2, 0.25) is 0 Å². The lowest BCUT2D eigenvalue weighted by Gasteiger charge is -2.10. The molecule has 0 bridgehead atoms. The molecule has 2 aromatic carbocycles. The third-order valence-corrected chi connectivity index (χ3v) is 3.18. The average molecular weight is 332 g/mol. The topological polar surface area (TPSA) is 161 Å². The number of aromatic carboxylic acids is 2. The lowest BCUT2D eigenvalue weighted by Crippen LogP contribution is -2.08. The van der Waals surface area contributed by atoms with Crippen molar-refractivity contribution in [3.8, 4) is 11.1 Å². The monoisotopic (exact) mass is 332 g/mol. The Balaban J connectivity index is 2.90. The summed E-state index contributed by atoms with van der Waals surface area (Å²) in [5.74, 6) is -2.97. The molecule has 0 aliphatic rings. The molecule has 0 amide bonds. The number of hydrogen-bond acceptors (Lipinski definition) is 6. The number of non-ortho nitro benzene ring substituents is 1. The first-order valence-electron chi connectivity index (χ1n) is 6.27. The Morgan fingerprint density at radius 2 is 1.42 bits per heavy atom. The number of nitro groups is 2. The van der Waals surface area contributed by atoms with Crippen molar-refractivity contribution in [1.29, 1.82) is 0 Å². The molecule has 122 valence electrons. The van der Waals surface area contributed by atoms with Crippen molar-refractivity contribution in [1.82, 2.24) is 0 Å². The average Bonchev–Trinajstić information content (AvgIpc) is 2.53. The summed E-state index contributed by atoms with van der Waals surface area (Å²) >= 11 is 0. The van der Waals surface area contributed by atoms with Gasteiger partial charge in [0.05, 0.1) is 32.6 Å². The summed E-state index contributed by atoms with van der Waals surface area (Å²) in [6.45, 7) is 0. The molecular weight excluding hydrogens is 324 g/mol. The van der Waals surface area contributed by atoms with Crippen LogP contribution in [0.1, 0.15) is 20.7 Å². The fourth-order valence-corrected chi connectivity index (χ4v) is 2.19. The minimum Gasteiger partial charge on any atom is -0.478 e. The summed E-state index contributed by atoms with van der Waals surface area (Å²) in [6, 6.07) is 5.93. The molecule has 0 saturated carbocycles. The number of rotatable bonds is 5. The van der Waals surface area contributed by atoms with Gasteiger partial charge in [-0.15, -0.1) is 0 Å². The fourth-order valence-electron chi connectivity index (χ4n) is 2.19. The molecule has 0 heterocycles. The Hall–Kier alpha value is -3.82. The van der Waals surface area contributed by atoms with Gasteiger partial charge in [-0.3, -0.25) is 20.2 Å². The number of carbonyl (C=O) groups is 2. The highest BCUT2D eigenvalue weighted by atomic mass is 16.6. The SMILES string of the molecule is O=C(O)c1cccc(C(=O)O)c1-c1ccc([N+](=O)[O-])cc1[N+](=O)[O-]. The smallest absolute Gasteiger partial charge is 0.336 e. The number of benzene rings is 2. The molecule has 2 N–H and O–H groups in total. The maximum Gasteiger partial charge on any atom is 0.336 e. The van der Waals surface area contributed by atoms with E-state index in [2.05, 4.69) is 0 Å². The maximum atomic E-state index is 11.4. The van der Waals surface area contributed by atoms with Crippen LogP contribution in [0.3, 0.4) is 0 Å². The number of nitro benzene ring substituents is 2.